The van der Waals surface area contributed by atoms with Crippen molar-refractivity contribution in [3.63, 3.8) is 0 Å². The summed E-state index contributed by atoms with van der Waals surface area (Å²) in [7, 11) is 1.82. The van der Waals surface area contributed by atoms with Crippen molar-refractivity contribution in [2.45, 2.75) is 0 Å². The summed E-state index contributed by atoms with van der Waals surface area (Å²) in [6, 6.07) is 0. The average molecular weight is 234 g/mol. The molecule has 7 N–H and O–H groups in total. The van der Waals surface area contributed by atoms with Crippen LogP contribution < -0.4 is 37.2 Å². The van der Waals surface area contributed by atoms with Crippen LogP contribution in [0.3, 0.4) is 0 Å². The van der Waals surface area contributed by atoms with Crippen LogP contribution in [0.2, 0.25) is 0 Å². The molecule has 0 fully saturated rings. The Morgan fingerprint density at radius 3 is 2.18 bits per heavy atom. The Kier molecular flexibility index (Phi) is 2.00. The Labute approximate surface area is 98.3 Å². The van der Waals surface area contributed by atoms with Crippen LogP contribution in [0.1, 0.15) is 0 Å². The van der Waals surface area contributed by atoms with E-state index in [1.54, 1.807) is 0 Å². The topological polar surface area (TPSA) is 96.6 Å². The standard InChI is InChI=1S/C9H14N8/c1-10-4-5(11-2)15-8(14-4)9-16-6-7(17-9)13-3-12-6/h11-17H,1,3H2,2H3. The van der Waals surface area contributed by atoms with Gasteiger partial charge in [0.2, 0.25) is 0 Å². The molecule has 0 saturated carbocycles. The molecular weight excluding hydrogens is 220 g/mol. The monoisotopic (exact) mass is 234 g/mol. The Hall–Kier alpha value is -2.51. The number of aliphatic imine (C=N–C) groups is 1. The Morgan fingerprint density at radius 1 is 1.00 bits per heavy atom. The maximum atomic E-state index is 3.89. The SMILES string of the molecule is C=NC1=C(NC)NC(=C2NC3=C(NCN3)N2)N1. The Balaban J connectivity index is 1.79. The van der Waals surface area contributed by atoms with Gasteiger partial charge in [-0.25, -0.2) is 4.99 Å². The summed E-state index contributed by atoms with van der Waals surface area (Å²) in [6.07, 6.45) is 0. The molecule has 0 aromatic heterocycles. The first-order valence-electron chi connectivity index (χ1n) is 5.25. The molecular formula is C9H14N8. The molecule has 0 amide bonds. The van der Waals surface area contributed by atoms with E-state index in [2.05, 4.69) is 48.9 Å². The molecule has 0 saturated heterocycles. The van der Waals surface area contributed by atoms with Gasteiger partial charge in [0.1, 0.15) is 17.5 Å². The van der Waals surface area contributed by atoms with Crippen LogP contribution in [0, 0.1) is 0 Å². The predicted molar refractivity (Wildman–Crippen MR) is 63.4 cm³/mol. The van der Waals surface area contributed by atoms with Gasteiger partial charge in [-0.15, -0.1) is 0 Å². The van der Waals surface area contributed by atoms with Crippen LogP contribution in [0.25, 0.3) is 0 Å². The summed E-state index contributed by atoms with van der Waals surface area (Å²) in [5.74, 6) is 4.99. The van der Waals surface area contributed by atoms with Crippen LogP contribution in [-0.4, -0.2) is 20.4 Å². The van der Waals surface area contributed by atoms with Crippen LogP contribution in [0.15, 0.2) is 39.9 Å². The fourth-order valence-corrected chi connectivity index (χ4v) is 1.84. The van der Waals surface area contributed by atoms with Crippen molar-refractivity contribution >= 4 is 6.72 Å². The summed E-state index contributed by atoms with van der Waals surface area (Å²) in [4.78, 5) is 3.89. The Bertz CT molecular complexity index is 453. The van der Waals surface area contributed by atoms with Gasteiger partial charge >= 0.3 is 0 Å². The van der Waals surface area contributed by atoms with Gasteiger partial charge in [0.25, 0.3) is 0 Å². The second kappa shape index (κ2) is 3.51. The minimum Gasteiger partial charge on any atom is -0.372 e. The number of hydrogen-bond donors (Lipinski definition) is 7. The first-order valence-corrected chi connectivity index (χ1v) is 5.25. The van der Waals surface area contributed by atoms with Crippen molar-refractivity contribution in [1.29, 1.82) is 0 Å². The second-order valence-electron chi connectivity index (χ2n) is 3.66. The van der Waals surface area contributed by atoms with Crippen molar-refractivity contribution in [3.05, 3.63) is 34.9 Å². The van der Waals surface area contributed by atoms with E-state index < -0.39 is 0 Å². The van der Waals surface area contributed by atoms with E-state index in [1.165, 1.54) is 0 Å². The van der Waals surface area contributed by atoms with E-state index in [-0.39, 0.29) is 0 Å². The third kappa shape index (κ3) is 1.41. The van der Waals surface area contributed by atoms with Crippen LogP contribution in [-0.2, 0) is 0 Å². The molecule has 0 bridgehead atoms. The second-order valence-corrected chi connectivity index (χ2v) is 3.66. The lowest BCUT2D eigenvalue weighted by Gasteiger charge is -2.11. The summed E-state index contributed by atoms with van der Waals surface area (Å²) in [5.41, 5.74) is 0. The van der Waals surface area contributed by atoms with Crippen molar-refractivity contribution < 1.29 is 0 Å². The number of nitrogens with zero attached hydrogens (tertiary/aromatic N) is 1. The Morgan fingerprint density at radius 2 is 1.65 bits per heavy atom. The minimum atomic E-state index is 0.673. The minimum absolute atomic E-state index is 0.673. The largest absolute Gasteiger partial charge is 0.372 e. The van der Waals surface area contributed by atoms with Gasteiger partial charge in [0.05, 0.1) is 6.67 Å². The van der Waals surface area contributed by atoms with Crippen LogP contribution >= 0.6 is 0 Å². The van der Waals surface area contributed by atoms with Crippen molar-refractivity contribution in [2.24, 2.45) is 4.99 Å². The quantitative estimate of drug-likeness (QED) is 0.273. The molecule has 0 unspecified atom stereocenters. The highest BCUT2D eigenvalue weighted by Crippen LogP contribution is 2.15. The third-order valence-corrected chi connectivity index (χ3v) is 2.67. The van der Waals surface area contributed by atoms with Gasteiger partial charge in [-0.05, 0) is 6.72 Å². The number of hydrogen-bond acceptors (Lipinski definition) is 8. The molecule has 90 valence electrons. The zero-order chi connectivity index (χ0) is 11.8. The zero-order valence-corrected chi connectivity index (χ0v) is 9.36. The lowest BCUT2D eigenvalue weighted by atomic mass is 10.6. The van der Waals surface area contributed by atoms with Gasteiger partial charge in [-0.1, -0.05) is 0 Å². The summed E-state index contributed by atoms with van der Waals surface area (Å²) < 4.78 is 0. The molecule has 8 nitrogen and oxygen atoms in total. The predicted octanol–water partition coefficient (Wildman–Crippen LogP) is -2.18. The van der Waals surface area contributed by atoms with E-state index >= 15 is 0 Å². The van der Waals surface area contributed by atoms with Crippen LogP contribution in [0.4, 0.5) is 0 Å². The summed E-state index contributed by atoms with van der Waals surface area (Å²) in [6.45, 7) is 4.24. The first-order chi connectivity index (χ1) is 8.31. The molecule has 0 aliphatic carbocycles. The van der Waals surface area contributed by atoms with Crippen molar-refractivity contribution in [1.82, 2.24) is 37.2 Å². The van der Waals surface area contributed by atoms with Gasteiger partial charge < -0.3 is 37.2 Å². The van der Waals surface area contributed by atoms with E-state index in [0.717, 1.165) is 35.8 Å². The van der Waals surface area contributed by atoms with Crippen molar-refractivity contribution in [2.75, 3.05) is 13.7 Å². The summed E-state index contributed by atoms with van der Waals surface area (Å²) in [5, 5.41) is 22.1. The van der Waals surface area contributed by atoms with E-state index in [1.807, 2.05) is 7.05 Å². The van der Waals surface area contributed by atoms with E-state index in [9.17, 15) is 0 Å². The molecule has 3 aliphatic heterocycles. The fraction of sp³-hybridized carbons (Fsp3) is 0.222. The first kappa shape index (κ1) is 9.70. The number of rotatable bonds is 2. The van der Waals surface area contributed by atoms with Crippen LogP contribution in [0.5, 0.6) is 0 Å². The van der Waals surface area contributed by atoms with Gasteiger partial charge in [0.15, 0.2) is 17.5 Å². The van der Waals surface area contributed by atoms with Gasteiger partial charge in [-0.2, -0.15) is 0 Å². The van der Waals surface area contributed by atoms with Gasteiger partial charge in [0, 0.05) is 7.05 Å². The average Bonchev–Trinajstić information content (AvgIpc) is 3.00. The van der Waals surface area contributed by atoms with Gasteiger partial charge in [-0.3, -0.25) is 0 Å². The molecule has 0 atom stereocenters. The molecule has 0 spiro atoms. The zero-order valence-electron chi connectivity index (χ0n) is 9.36. The molecule has 0 aromatic carbocycles. The van der Waals surface area contributed by atoms with E-state index in [4.69, 9.17) is 0 Å². The molecule has 3 heterocycles. The smallest absolute Gasteiger partial charge is 0.172 e. The highest BCUT2D eigenvalue weighted by atomic mass is 15.4. The fourth-order valence-electron chi connectivity index (χ4n) is 1.84. The number of nitrogens with one attached hydrogen (secondary N) is 7. The molecule has 17 heavy (non-hydrogen) atoms. The van der Waals surface area contributed by atoms with Crippen molar-refractivity contribution in [3.8, 4) is 0 Å². The molecule has 3 rings (SSSR count). The summed E-state index contributed by atoms with van der Waals surface area (Å²) >= 11 is 0. The lowest BCUT2D eigenvalue weighted by molar-refractivity contribution is 0.689. The molecule has 8 heteroatoms. The maximum absolute atomic E-state index is 3.89. The highest BCUT2D eigenvalue weighted by molar-refractivity contribution is 5.38. The van der Waals surface area contributed by atoms with E-state index in [0.29, 0.717) is 5.82 Å². The maximum Gasteiger partial charge on any atom is 0.172 e. The normalized spacial score (nSPS) is 21.0. The lowest BCUT2D eigenvalue weighted by Crippen LogP contribution is -2.33. The molecule has 0 radical (unpaired) electrons. The molecule has 0 aromatic rings. The molecule has 3 aliphatic rings. The highest BCUT2D eigenvalue weighted by Gasteiger charge is 2.27. The third-order valence-electron chi connectivity index (χ3n) is 2.67.